The standard InChI is InChI=1S/C13H17F3N2O3/c1-2-7-21-8-3-6-17-10-4-5-12(18(19)20)11(9-10)13(14,15)16/h4-5,9,17H,2-3,6-8H2,1H3. The van der Waals surface area contributed by atoms with Crippen LogP contribution in [0.4, 0.5) is 24.5 Å². The highest BCUT2D eigenvalue weighted by Crippen LogP contribution is 2.37. The summed E-state index contributed by atoms with van der Waals surface area (Å²) in [7, 11) is 0. The van der Waals surface area contributed by atoms with E-state index in [-0.39, 0.29) is 5.69 Å². The van der Waals surface area contributed by atoms with E-state index in [0.717, 1.165) is 18.6 Å². The molecule has 1 aromatic carbocycles. The molecule has 0 bridgehead atoms. The number of hydrogen-bond donors (Lipinski definition) is 1. The van der Waals surface area contributed by atoms with Gasteiger partial charge in [0.2, 0.25) is 0 Å². The van der Waals surface area contributed by atoms with Crippen LogP contribution >= 0.6 is 0 Å². The Bertz CT molecular complexity index is 478. The van der Waals surface area contributed by atoms with Crippen molar-refractivity contribution in [1.29, 1.82) is 0 Å². The summed E-state index contributed by atoms with van der Waals surface area (Å²) in [5, 5.41) is 13.4. The highest BCUT2D eigenvalue weighted by Gasteiger charge is 2.38. The maximum atomic E-state index is 12.8. The first kappa shape index (κ1) is 17.2. The second kappa shape index (κ2) is 7.82. The predicted octanol–water partition coefficient (Wildman–Crippen LogP) is 3.84. The minimum absolute atomic E-state index is 0.198. The second-order valence-electron chi connectivity index (χ2n) is 4.38. The largest absolute Gasteiger partial charge is 0.423 e. The molecule has 0 spiro atoms. The van der Waals surface area contributed by atoms with Gasteiger partial charge < -0.3 is 10.1 Å². The fraction of sp³-hybridized carbons (Fsp3) is 0.538. The topological polar surface area (TPSA) is 64.4 Å². The fourth-order valence-corrected chi connectivity index (χ4v) is 1.69. The lowest BCUT2D eigenvalue weighted by atomic mass is 10.1. The van der Waals surface area contributed by atoms with Gasteiger partial charge in [0.05, 0.1) is 4.92 Å². The van der Waals surface area contributed by atoms with E-state index < -0.39 is 22.4 Å². The number of nitro groups is 1. The maximum absolute atomic E-state index is 12.8. The van der Waals surface area contributed by atoms with E-state index in [0.29, 0.717) is 26.2 Å². The number of nitro benzene ring substituents is 1. The smallest absolute Gasteiger partial charge is 0.385 e. The lowest BCUT2D eigenvalue weighted by Gasteiger charge is -2.11. The normalized spacial score (nSPS) is 11.4. The number of ether oxygens (including phenoxy) is 1. The van der Waals surface area contributed by atoms with Crippen LogP contribution in [0, 0.1) is 10.1 Å². The number of benzene rings is 1. The minimum atomic E-state index is -4.76. The number of nitrogens with one attached hydrogen (secondary N) is 1. The molecule has 1 aromatic rings. The van der Waals surface area contributed by atoms with Crippen molar-refractivity contribution in [3.8, 4) is 0 Å². The number of alkyl halides is 3. The average molecular weight is 306 g/mol. The van der Waals surface area contributed by atoms with Crippen LogP contribution in [0.2, 0.25) is 0 Å². The average Bonchev–Trinajstić information content (AvgIpc) is 2.41. The zero-order chi connectivity index (χ0) is 15.9. The van der Waals surface area contributed by atoms with E-state index in [2.05, 4.69) is 5.32 Å². The highest BCUT2D eigenvalue weighted by atomic mass is 19.4. The zero-order valence-electron chi connectivity index (χ0n) is 11.6. The van der Waals surface area contributed by atoms with Gasteiger partial charge in [-0.3, -0.25) is 10.1 Å². The molecule has 0 amide bonds. The van der Waals surface area contributed by atoms with Crippen molar-refractivity contribution in [1.82, 2.24) is 0 Å². The van der Waals surface area contributed by atoms with E-state index in [1.165, 1.54) is 6.07 Å². The van der Waals surface area contributed by atoms with Crippen molar-refractivity contribution in [3.63, 3.8) is 0 Å². The number of hydrogen-bond acceptors (Lipinski definition) is 4. The molecular weight excluding hydrogens is 289 g/mol. The van der Waals surface area contributed by atoms with Crippen LogP contribution in [0.3, 0.4) is 0 Å². The van der Waals surface area contributed by atoms with Crippen LogP contribution in [-0.4, -0.2) is 24.7 Å². The third kappa shape index (κ3) is 5.58. The molecule has 0 aliphatic rings. The molecule has 0 saturated carbocycles. The minimum Gasteiger partial charge on any atom is -0.385 e. The molecule has 0 radical (unpaired) electrons. The Kier molecular flexibility index (Phi) is 6.41. The van der Waals surface area contributed by atoms with Crippen LogP contribution < -0.4 is 5.32 Å². The van der Waals surface area contributed by atoms with Crippen molar-refractivity contribution < 1.29 is 22.8 Å². The quantitative estimate of drug-likeness (QED) is 0.450. The van der Waals surface area contributed by atoms with Crippen LogP contribution in [0.15, 0.2) is 18.2 Å². The molecule has 0 atom stereocenters. The van der Waals surface area contributed by atoms with Crippen molar-refractivity contribution in [2.24, 2.45) is 0 Å². The van der Waals surface area contributed by atoms with Gasteiger partial charge >= 0.3 is 6.18 Å². The van der Waals surface area contributed by atoms with Crippen LogP contribution in [0.25, 0.3) is 0 Å². The molecule has 1 N–H and O–H groups in total. The van der Waals surface area contributed by atoms with Crippen LogP contribution in [0.1, 0.15) is 25.3 Å². The first-order chi connectivity index (χ1) is 9.86. The van der Waals surface area contributed by atoms with Crippen LogP contribution in [0.5, 0.6) is 0 Å². The van der Waals surface area contributed by atoms with E-state index in [4.69, 9.17) is 4.74 Å². The molecule has 1 rings (SSSR count). The Labute approximate surface area is 120 Å². The van der Waals surface area contributed by atoms with Crippen molar-refractivity contribution in [2.75, 3.05) is 25.1 Å². The fourth-order valence-electron chi connectivity index (χ4n) is 1.69. The predicted molar refractivity (Wildman–Crippen MR) is 72.3 cm³/mol. The van der Waals surface area contributed by atoms with Gasteiger partial charge in [0.15, 0.2) is 0 Å². The van der Waals surface area contributed by atoms with Crippen molar-refractivity contribution >= 4 is 11.4 Å². The van der Waals surface area contributed by atoms with E-state index in [1.54, 1.807) is 0 Å². The number of rotatable bonds is 8. The van der Waals surface area contributed by atoms with Gasteiger partial charge in [0.25, 0.3) is 5.69 Å². The Morgan fingerprint density at radius 2 is 2.05 bits per heavy atom. The molecular formula is C13H17F3N2O3. The van der Waals surface area contributed by atoms with Gasteiger partial charge in [-0.15, -0.1) is 0 Å². The maximum Gasteiger partial charge on any atom is 0.423 e. The van der Waals surface area contributed by atoms with Crippen molar-refractivity contribution in [2.45, 2.75) is 25.9 Å². The van der Waals surface area contributed by atoms with Gasteiger partial charge in [-0.1, -0.05) is 6.92 Å². The molecule has 0 aromatic heterocycles. The summed E-state index contributed by atoms with van der Waals surface area (Å²) >= 11 is 0. The first-order valence-corrected chi connectivity index (χ1v) is 6.53. The third-order valence-corrected chi connectivity index (χ3v) is 2.64. The summed E-state index contributed by atoms with van der Waals surface area (Å²) in [5.41, 5.74) is -2.00. The molecule has 0 aliphatic heterocycles. The van der Waals surface area contributed by atoms with Gasteiger partial charge in [0.1, 0.15) is 5.56 Å². The zero-order valence-corrected chi connectivity index (χ0v) is 11.6. The lowest BCUT2D eigenvalue weighted by Crippen LogP contribution is -2.11. The summed E-state index contributed by atoms with van der Waals surface area (Å²) in [5.74, 6) is 0. The molecule has 0 heterocycles. The molecule has 0 fully saturated rings. The SMILES string of the molecule is CCCOCCCNc1ccc([N+](=O)[O-])c(C(F)(F)F)c1. The molecule has 5 nitrogen and oxygen atoms in total. The summed E-state index contributed by atoms with van der Waals surface area (Å²) in [4.78, 5) is 9.57. The van der Waals surface area contributed by atoms with Gasteiger partial charge in [-0.2, -0.15) is 13.2 Å². The van der Waals surface area contributed by atoms with Gasteiger partial charge in [-0.25, -0.2) is 0 Å². The Morgan fingerprint density at radius 1 is 1.33 bits per heavy atom. The monoisotopic (exact) mass is 306 g/mol. The second-order valence-corrected chi connectivity index (χ2v) is 4.38. The Morgan fingerprint density at radius 3 is 2.62 bits per heavy atom. The molecule has 0 aliphatic carbocycles. The third-order valence-electron chi connectivity index (χ3n) is 2.64. The Hall–Kier alpha value is -1.83. The summed E-state index contributed by atoms with van der Waals surface area (Å²) < 4.78 is 43.5. The number of nitrogens with zero attached hydrogens (tertiary/aromatic N) is 1. The summed E-state index contributed by atoms with van der Waals surface area (Å²) in [6.07, 6.45) is -3.21. The van der Waals surface area contributed by atoms with Gasteiger partial charge in [-0.05, 0) is 25.0 Å². The number of anilines is 1. The molecule has 21 heavy (non-hydrogen) atoms. The first-order valence-electron chi connectivity index (χ1n) is 6.53. The van der Waals surface area contributed by atoms with E-state index >= 15 is 0 Å². The highest BCUT2D eigenvalue weighted by molar-refractivity contribution is 5.55. The van der Waals surface area contributed by atoms with E-state index in [1.807, 2.05) is 6.92 Å². The van der Waals surface area contributed by atoms with Crippen molar-refractivity contribution in [3.05, 3.63) is 33.9 Å². The molecule has 0 unspecified atom stereocenters. The lowest BCUT2D eigenvalue weighted by molar-refractivity contribution is -0.388. The molecule has 0 saturated heterocycles. The molecule has 8 heteroatoms. The van der Waals surface area contributed by atoms with E-state index in [9.17, 15) is 23.3 Å². The summed E-state index contributed by atoms with van der Waals surface area (Å²) in [6.45, 7) is 3.57. The van der Waals surface area contributed by atoms with Crippen LogP contribution in [-0.2, 0) is 10.9 Å². The Balaban J connectivity index is 2.66. The van der Waals surface area contributed by atoms with Gasteiger partial charge in [0, 0.05) is 31.5 Å². The molecule has 118 valence electrons. The summed E-state index contributed by atoms with van der Waals surface area (Å²) in [6, 6.07) is 2.88. The number of halogens is 3.